The summed E-state index contributed by atoms with van der Waals surface area (Å²) in [5, 5.41) is 0. The number of ether oxygens (including phenoxy) is 1. The molecule has 0 aromatic rings. The van der Waals surface area contributed by atoms with Crippen LogP contribution in [0.1, 0.15) is 40.5 Å². The van der Waals surface area contributed by atoms with E-state index in [1.165, 1.54) is 14.0 Å². The molecule has 14 heavy (non-hydrogen) atoms. The fraction of sp³-hybridized carbons (Fsp3) is 0.818. The summed E-state index contributed by atoms with van der Waals surface area (Å²) in [4.78, 5) is 20.7. The second-order valence-corrected chi connectivity index (χ2v) is 4.28. The van der Waals surface area contributed by atoms with Crippen LogP contribution in [0.2, 0.25) is 0 Å². The first-order chi connectivity index (χ1) is 6.32. The van der Waals surface area contributed by atoms with Crippen molar-refractivity contribution < 1.29 is 14.3 Å². The van der Waals surface area contributed by atoms with E-state index in [9.17, 15) is 9.59 Å². The highest BCUT2D eigenvalue weighted by atomic mass is 16.5. The van der Waals surface area contributed by atoms with Gasteiger partial charge in [0.05, 0.1) is 7.11 Å². The molecule has 82 valence electrons. The van der Waals surface area contributed by atoms with Gasteiger partial charge in [-0.3, -0.25) is 9.59 Å². The van der Waals surface area contributed by atoms with Crippen LogP contribution in [0.15, 0.2) is 0 Å². The fourth-order valence-electron chi connectivity index (χ4n) is 1.31. The predicted molar refractivity (Wildman–Crippen MR) is 54.9 cm³/mol. The Labute approximate surface area is 85.8 Å². The Kier molecular flexibility index (Phi) is 4.81. The summed E-state index contributed by atoms with van der Waals surface area (Å²) in [6.07, 6.45) is 1.89. The van der Waals surface area contributed by atoms with Crippen molar-refractivity contribution in [3.8, 4) is 0 Å². The molecule has 0 saturated heterocycles. The monoisotopic (exact) mass is 200 g/mol. The van der Waals surface area contributed by atoms with E-state index in [-0.39, 0.29) is 11.4 Å². The lowest BCUT2D eigenvalue weighted by atomic mass is 9.83. The molecule has 0 aliphatic heterocycles. The van der Waals surface area contributed by atoms with E-state index in [4.69, 9.17) is 0 Å². The Morgan fingerprint density at radius 3 is 2.00 bits per heavy atom. The number of ketones is 1. The summed E-state index contributed by atoms with van der Waals surface area (Å²) in [7, 11) is 1.35. The van der Waals surface area contributed by atoms with Gasteiger partial charge in [0.1, 0.15) is 5.78 Å². The lowest BCUT2D eigenvalue weighted by Crippen LogP contribution is -2.22. The van der Waals surface area contributed by atoms with Gasteiger partial charge in [0.15, 0.2) is 0 Å². The number of carbonyl (C=O) groups is 2. The highest BCUT2D eigenvalue weighted by Crippen LogP contribution is 2.38. The third kappa shape index (κ3) is 3.48. The number of esters is 1. The Hall–Kier alpha value is -0.860. The quantitative estimate of drug-likeness (QED) is 0.563. The minimum Gasteiger partial charge on any atom is -0.469 e. The van der Waals surface area contributed by atoms with Gasteiger partial charge in [-0.05, 0) is 12.3 Å². The summed E-state index contributed by atoms with van der Waals surface area (Å²) in [5.41, 5.74) is -0.0278. The number of hydrogen-bond acceptors (Lipinski definition) is 3. The maximum Gasteiger partial charge on any atom is 0.302 e. The van der Waals surface area contributed by atoms with Gasteiger partial charge in [-0.2, -0.15) is 0 Å². The van der Waals surface area contributed by atoms with Crippen LogP contribution in [0.3, 0.4) is 0 Å². The molecule has 1 saturated carbocycles. The largest absolute Gasteiger partial charge is 0.469 e. The van der Waals surface area contributed by atoms with Gasteiger partial charge in [0, 0.05) is 18.8 Å². The Bertz CT molecular complexity index is 219. The molecule has 0 aromatic carbocycles. The lowest BCUT2D eigenvalue weighted by molar-refractivity contribution is -0.138. The van der Waals surface area contributed by atoms with Crippen LogP contribution in [0.5, 0.6) is 0 Å². The average molecular weight is 200 g/mol. The number of Topliss-reactive ketones (excluding diaryl/α,β-unsaturated/α-hetero) is 1. The Balaban J connectivity index is 0.000000292. The molecule has 1 atom stereocenters. The SMILES string of the molecule is CC1CCC(=O)C1(C)C.COC(C)=O. The van der Waals surface area contributed by atoms with Gasteiger partial charge in [0.25, 0.3) is 0 Å². The van der Waals surface area contributed by atoms with E-state index in [1.54, 1.807) is 0 Å². The van der Waals surface area contributed by atoms with E-state index in [1.807, 2.05) is 13.8 Å². The van der Waals surface area contributed by atoms with E-state index in [2.05, 4.69) is 11.7 Å². The minimum atomic E-state index is -0.245. The molecular formula is C11H20O3. The molecule has 0 spiro atoms. The molecule has 0 N–H and O–H groups in total. The predicted octanol–water partition coefficient (Wildman–Crippen LogP) is 2.19. The molecule has 0 radical (unpaired) electrons. The van der Waals surface area contributed by atoms with Gasteiger partial charge in [0.2, 0.25) is 0 Å². The highest BCUT2D eigenvalue weighted by molar-refractivity contribution is 5.86. The summed E-state index contributed by atoms with van der Waals surface area (Å²) in [5.74, 6) is 0.782. The molecule has 1 aliphatic rings. The molecule has 1 aliphatic carbocycles. The molecule has 0 amide bonds. The molecule has 0 bridgehead atoms. The van der Waals surface area contributed by atoms with Crippen molar-refractivity contribution in [2.24, 2.45) is 11.3 Å². The van der Waals surface area contributed by atoms with Crippen LogP contribution in [0.25, 0.3) is 0 Å². The maximum atomic E-state index is 11.1. The van der Waals surface area contributed by atoms with Crippen LogP contribution in [0, 0.1) is 11.3 Å². The molecule has 1 rings (SSSR count). The third-order valence-corrected chi connectivity index (χ3v) is 3.04. The maximum absolute atomic E-state index is 11.1. The standard InChI is InChI=1S/C8H14O.C3H6O2/c1-6-4-5-7(9)8(6,2)3;1-3(4)5-2/h6H,4-5H2,1-3H3;1-2H3. The fourth-order valence-corrected chi connectivity index (χ4v) is 1.31. The summed E-state index contributed by atoms with van der Waals surface area (Å²) >= 11 is 0. The second-order valence-electron chi connectivity index (χ2n) is 4.28. The zero-order valence-corrected chi connectivity index (χ0v) is 9.72. The van der Waals surface area contributed by atoms with Crippen molar-refractivity contribution in [2.75, 3.05) is 7.11 Å². The zero-order valence-electron chi connectivity index (χ0n) is 9.72. The van der Waals surface area contributed by atoms with Crippen molar-refractivity contribution in [3.05, 3.63) is 0 Å². The number of carbonyl (C=O) groups excluding carboxylic acids is 2. The topological polar surface area (TPSA) is 43.4 Å². The van der Waals surface area contributed by atoms with Crippen LogP contribution in [-0.2, 0) is 14.3 Å². The van der Waals surface area contributed by atoms with E-state index < -0.39 is 0 Å². The second kappa shape index (κ2) is 5.13. The van der Waals surface area contributed by atoms with Gasteiger partial charge in [-0.1, -0.05) is 20.8 Å². The summed E-state index contributed by atoms with van der Waals surface area (Å²) in [6.45, 7) is 7.62. The van der Waals surface area contributed by atoms with Crippen molar-refractivity contribution in [2.45, 2.75) is 40.5 Å². The van der Waals surface area contributed by atoms with Crippen molar-refractivity contribution in [3.63, 3.8) is 0 Å². The van der Waals surface area contributed by atoms with Crippen molar-refractivity contribution in [1.82, 2.24) is 0 Å². The summed E-state index contributed by atoms with van der Waals surface area (Å²) < 4.78 is 4.11. The van der Waals surface area contributed by atoms with Gasteiger partial charge in [-0.25, -0.2) is 0 Å². The highest BCUT2D eigenvalue weighted by Gasteiger charge is 2.38. The Morgan fingerprint density at radius 2 is 1.93 bits per heavy atom. The summed E-state index contributed by atoms with van der Waals surface area (Å²) in [6, 6.07) is 0. The van der Waals surface area contributed by atoms with Crippen LogP contribution in [-0.4, -0.2) is 18.9 Å². The van der Waals surface area contributed by atoms with E-state index in [0.29, 0.717) is 11.7 Å². The first-order valence-electron chi connectivity index (χ1n) is 4.90. The minimum absolute atomic E-state index is 0.0278. The first-order valence-corrected chi connectivity index (χ1v) is 4.90. The third-order valence-electron chi connectivity index (χ3n) is 3.04. The first kappa shape index (κ1) is 13.1. The van der Waals surface area contributed by atoms with Crippen LogP contribution >= 0.6 is 0 Å². The van der Waals surface area contributed by atoms with Crippen molar-refractivity contribution in [1.29, 1.82) is 0 Å². The smallest absolute Gasteiger partial charge is 0.302 e. The molecule has 3 heteroatoms. The van der Waals surface area contributed by atoms with Crippen molar-refractivity contribution >= 4 is 11.8 Å². The molecular weight excluding hydrogens is 180 g/mol. The molecule has 0 heterocycles. The lowest BCUT2D eigenvalue weighted by Gasteiger charge is -2.20. The number of rotatable bonds is 0. The number of methoxy groups -OCH3 is 1. The molecule has 1 fully saturated rings. The van der Waals surface area contributed by atoms with Crippen LogP contribution in [0.4, 0.5) is 0 Å². The van der Waals surface area contributed by atoms with Gasteiger partial charge < -0.3 is 4.74 Å². The van der Waals surface area contributed by atoms with E-state index in [0.717, 1.165) is 12.8 Å². The van der Waals surface area contributed by atoms with Gasteiger partial charge >= 0.3 is 5.97 Å². The van der Waals surface area contributed by atoms with Crippen LogP contribution < -0.4 is 0 Å². The molecule has 0 aromatic heterocycles. The normalized spacial score (nSPS) is 23.8. The molecule has 3 nitrogen and oxygen atoms in total. The molecule has 1 unspecified atom stereocenters. The zero-order chi connectivity index (χ0) is 11.4. The van der Waals surface area contributed by atoms with Gasteiger partial charge in [-0.15, -0.1) is 0 Å². The number of hydrogen-bond donors (Lipinski definition) is 0. The Morgan fingerprint density at radius 1 is 1.50 bits per heavy atom. The average Bonchev–Trinajstić information content (AvgIpc) is 2.33. The van der Waals surface area contributed by atoms with E-state index >= 15 is 0 Å².